The van der Waals surface area contributed by atoms with E-state index in [-0.39, 0.29) is 16.6 Å². The van der Waals surface area contributed by atoms with E-state index in [0.717, 1.165) is 33.8 Å². The Hall–Kier alpha value is -4.18. The Morgan fingerprint density at radius 2 is 1.57 bits per heavy atom. The lowest BCUT2D eigenvalue weighted by Gasteiger charge is -2.42. The van der Waals surface area contributed by atoms with E-state index in [2.05, 4.69) is 94.1 Å². The highest BCUT2D eigenvalue weighted by molar-refractivity contribution is 5.89. The van der Waals surface area contributed by atoms with Gasteiger partial charge < -0.3 is 5.11 Å². The van der Waals surface area contributed by atoms with Crippen LogP contribution < -0.4 is 4.90 Å². The predicted octanol–water partition coefficient (Wildman–Crippen LogP) is 8.41. The van der Waals surface area contributed by atoms with Gasteiger partial charge in [0, 0.05) is 22.6 Å². The lowest BCUT2D eigenvalue weighted by Crippen LogP contribution is -2.31. The Balaban J connectivity index is 1.59. The molecule has 184 valence electrons. The predicted molar refractivity (Wildman–Crippen MR) is 152 cm³/mol. The Morgan fingerprint density at radius 3 is 2.38 bits per heavy atom. The van der Waals surface area contributed by atoms with Crippen molar-refractivity contribution in [3.8, 4) is 17.0 Å². The number of fused-ring (bicyclic) bond motifs is 3. The van der Waals surface area contributed by atoms with Crippen LogP contribution in [0.2, 0.25) is 0 Å². The molecule has 3 heterocycles. The average Bonchev–Trinajstić information content (AvgIpc) is 2.88. The molecule has 0 radical (unpaired) electrons. The van der Waals surface area contributed by atoms with Crippen LogP contribution >= 0.6 is 0 Å². The van der Waals surface area contributed by atoms with E-state index in [4.69, 9.17) is 9.97 Å². The first-order chi connectivity index (χ1) is 17.6. The van der Waals surface area contributed by atoms with Gasteiger partial charge in [-0.1, -0.05) is 83.1 Å². The second-order valence-corrected chi connectivity index (χ2v) is 11.4. The molecule has 0 saturated heterocycles. The van der Waals surface area contributed by atoms with Gasteiger partial charge in [-0.3, -0.25) is 4.90 Å². The van der Waals surface area contributed by atoms with Crippen LogP contribution in [-0.2, 0) is 10.8 Å². The Kier molecular flexibility index (Phi) is 5.13. The van der Waals surface area contributed by atoms with Gasteiger partial charge >= 0.3 is 0 Å². The fraction of sp³-hybridized carbons (Fsp3) is 0.212. The van der Waals surface area contributed by atoms with Crippen molar-refractivity contribution in [2.75, 3.05) is 4.90 Å². The second-order valence-electron chi connectivity index (χ2n) is 11.4. The van der Waals surface area contributed by atoms with Crippen molar-refractivity contribution in [3.05, 3.63) is 108 Å². The van der Waals surface area contributed by atoms with Crippen LogP contribution in [0.15, 0.2) is 91.1 Å². The molecule has 0 bridgehead atoms. The third-order valence-electron chi connectivity index (χ3n) is 7.57. The van der Waals surface area contributed by atoms with Crippen LogP contribution in [0.5, 0.6) is 5.75 Å². The zero-order valence-electron chi connectivity index (χ0n) is 21.9. The van der Waals surface area contributed by atoms with Crippen molar-refractivity contribution in [2.24, 2.45) is 0 Å². The topological polar surface area (TPSA) is 49.2 Å². The smallest absolute Gasteiger partial charge is 0.141 e. The number of anilines is 3. The fourth-order valence-electron chi connectivity index (χ4n) is 5.42. The molecule has 0 atom stereocenters. The van der Waals surface area contributed by atoms with E-state index in [1.807, 2.05) is 30.5 Å². The van der Waals surface area contributed by atoms with Gasteiger partial charge in [0.2, 0.25) is 0 Å². The SMILES string of the molecule is CC(C)(C)c1ccnc(N2c3ccccc3C(C)(C)c3ccc(-c4ccc5cccc(O)c5n4)cc32)c1. The molecule has 0 saturated carbocycles. The minimum absolute atomic E-state index is 0.00790. The summed E-state index contributed by atoms with van der Waals surface area (Å²) in [5.41, 5.74) is 8.24. The Labute approximate surface area is 218 Å². The molecule has 1 N–H and O–H groups in total. The summed E-state index contributed by atoms with van der Waals surface area (Å²) in [4.78, 5) is 12.0. The van der Waals surface area contributed by atoms with Crippen LogP contribution in [-0.4, -0.2) is 15.1 Å². The van der Waals surface area contributed by atoms with Crippen LogP contribution in [0.3, 0.4) is 0 Å². The van der Waals surface area contributed by atoms with E-state index in [1.54, 1.807) is 6.07 Å². The van der Waals surface area contributed by atoms with Gasteiger partial charge in [-0.25, -0.2) is 9.97 Å². The molecule has 4 nitrogen and oxygen atoms in total. The lowest BCUT2D eigenvalue weighted by molar-refractivity contribution is 0.480. The summed E-state index contributed by atoms with van der Waals surface area (Å²) in [5.74, 6) is 1.09. The van der Waals surface area contributed by atoms with E-state index in [1.165, 1.54) is 16.7 Å². The molecule has 1 aliphatic rings. The third-order valence-corrected chi connectivity index (χ3v) is 7.57. The maximum absolute atomic E-state index is 10.4. The Morgan fingerprint density at radius 1 is 0.784 bits per heavy atom. The van der Waals surface area contributed by atoms with E-state index < -0.39 is 0 Å². The van der Waals surface area contributed by atoms with Crippen molar-refractivity contribution >= 4 is 28.1 Å². The molecule has 0 aliphatic carbocycles. The number of nitrogens with zero attached hydrogens (tertiary/aromatic N) is 3. The first-order valence-electron chi connectivity index (χ1n) is 12.7. The van der Waals surface area contributed by atoms with Crippen molar-refractivity contribution in [2.45, 2.75) is 45.4 Å². The molecule has 6 rings (SSSR count). The normalized spacial score (nSPS) is 14.4. The number of pyridine rings is 2. The molecule has 0 amide bonds. The number of phenolic OH excluding ortho intramolecular Hbond substituents is 1. The van der Waals surface area contributed by atoms with Gasteiger partial charge in [0.1, 0.15) is 17.1 Å². The first kappa shape index (κ1) is 23.2. The minimum atomic E-state index is -0.183. The molecule has 3 aromatic carbocycles. The quantitative estimate of drug-likeness (QED) is 0.273. The van der Waals surface area contributed by atoms with Gasteiger partial charge in [-0.05, 0) is 58.5 Å². The van der Waals surface area contributed by atoms with Crippen LogP contribution in [0.25, 0.3) is 22.2 Å². The van der Waals surface area contributed by atoms with E-state index in [0.29, 0.717) is 5.52 Å². The molecule has 0 fully saturated rings. The van der Waals surface area contributed by atoms with Crippen molar-refractivity contribution in [1.82, 2.24) is 9.97 Å². The molecular weight excluding hydrogens is 454 g/mol. The van der Waals surface area contributed by atoms with Crippen molar-refractivity contribution in [3.63, 3.8) is 0 Å². The summed E-state index contributed by atoms with van der Waals surface area (Å²) in [6.07, 6.45) is 1.91. The monoisotopic (exact) mass is 485 g/mol. The van der Waals surface area contributed by atoms with Crippen LogP contribution in [0.1, 0.15) is 51.3 Å². The Bertz CT molecular complexity index is 1660. The first-order valence-corrected chi connectivity index (χ1v) is 12.7. The average molecular weight is 486 g/mol. The van der Waals surface area contributed by atoms with E-state index >= 15 is 0 Å². The molecule has 0 spiro atoms. The maximum Gasteiger partial charge on any atom is 0.141 e. The van der Waals surface area contributed by atoms with E-state index in [9.17, 15) is 5.11 Å². The zero-order chi connectivity index (χ0) is 25.9. The van der Waals surface area contributed by atoms with Crippen LogP contribution in [0, 0.1) is 0 Å². The number of para-hydroxylation sites is 2. The summed E-state index contributed by atoms with van der Waals surface area (Å²) in [6, 6.07) is 29.0. The summed E-state index contributed by atoms with van der Waals surface area (Å²) >= 11 is 0. The highest BCUT2D eigenvalue weighted by Gasteiger charge is 2.37. The van der Waals surface area contributed by atoms with Crippen molar-refractivity contribution in [1.29, 1.82) is 0 Å². The fourth-order valence-corrected chi connectivity index (χ4v) is 5.42. The zero-order valence-corrected chi connectivity index (χ0v) is 21.9. The lowest BCUT2D eigenvalue weighted by atomic mass is 9.73. The third kappa shape index (κ3) is 3.75. The number of phenols is 1. The molecule has 1 aliphatic heterocycles. The largest absolute Gasteiger partial charge is 0.506 e. The number of benzene rings is 3. The minimum Gasteiger partial charge on any atom is -0.506 e. The number of hydrogen-bond acceptors (Lipinski definition) is 4. The van der Waals surface area contributed by atoms with Crippen LogP contribution in [0.4, 0.5) is 17.2 Å². The highest BCUT2D eigenvalue weighted by Crippen LogP contribution is 2.52. The number of aromatic nitrogens is 2. The summed E-state index contributed by atoms with van der Waals surface area (Å²) in [7, 11) is 0. The highest BCUT2D eigenvalue weighted by atomic mass is 16.3. The van der Waals surface area contributed by atoms with Gasteiger partial charge in [0.05, 0.1) is 17.1 Å². The summed E-state index contributed by atoms with van der Waals surface area (Å²) in [6.45, 7) is 11.3. The van der Waals surface area contributed by atoms with Gasteiger partial charge in [-0.2, -0.15) is 0 Å². The molecular formula is C33H31N3O. The number of aromatic hydroxyl groups is 1. The number of hydrogen-bond donors (Lipinski definition) is 1. The summed E-state index contributed by atoms with van der Waals surface area (Å²) in [5, 5.41) is 11.3. The standard InChI is InChI=1S/C33H31N3O/c1-32(2,3)23-17-18-34-30(20-23)36-27-11-7-6-10-24(27)33(4,5)25-15-13-22(19-28(25)36)26-16-14-21-9-8-12-29(37)31(21)35-26/h6-20,37H,1-5H3. The molecule has 4 heteroatoms. The van der Waals surface area contributed by atoms with Gasteiger partial charge in [0.25, 0.3) is 0 Å². The molecule has 5 aromatic rings. The summed E-state index contributed by atoms with van der Waals surface area (Å²) < 4.78 is 0. The second kappa shape index (κ2) is 8.17. The molecule has 37 heavy (non-hydrogen) atoms. The van der Waals surface area contributed by atoms with Gasteiger partial charge in [0.15, 0.2) is 0 Å². The van der Waals surface area contributed by atoms with Crippen molar-refractivity contribution < 1.29 is 5.11 Å². The van der Waals surface area contributed by atoms with Gasteiger partial charge in [-0.15, -0.1) is 0 Å². The maximum atomic E-state index is 10.4. The number of rotatable bonds is 2. The molecule has 0 unspecified atom stereocenters. The molecule has 2 aromatic heterocycles.